The third-order valence-corrected chi connectivity index (χ3v) is 3.70. The second-order valence-corrected chi connectivity index (χ2v) is 5.41. The van der Waals surface area contributed by atoms with Crippen molar-refractivity contribution in [2.45, 2.75) is 19.1 Å². The highest BCUT2D eigenvalue weighted by Crippen LogP contribution is 2.31. The molecule has 3 amide bonds. The quantitative estimate of drug-likeness (QED) is 0.901. The first-order valence-electron chi connectivity index (χ1n) is 7.33. The Morgan fingerprint density at radius 2 is 2.12 bits per heavy atom. The Bertz CT molecular complexity index is 819. The van der Waals surface area contributed by atoms with Crippen molar-refractivity contribution in [3.8, 4) is 11.4 Å². The van der Waals surface area contributed by atoms with Gasteiger partial charge in [-0.25, -0.2) is 4.79 Å². The maximum atomic E-state index is 12.8. The van der Waals surface area contributed by atoms with E-state index in [1.165, 1.54) is 19.1 Å². The van der Waals surface area contributed by atoms with E-state index < -0.39 is 29.7 Å². The highest BCUT2D eigenvalue weighted by molar-refractivity contribution is 5.97. The van der Waals surface area contributed by atoms with Crippen molar-refractivity contribution in [1.29, 1.82) is 0 Å². The van der Waals surface area contributed by atoms with E-state index >= 15 is 0 Å². The van der Waals surface area contributed by atoms with E-state index in [1.807, 2.05) is 0 Å². The summed E-state index contributed by atoms with van der Waals surface area (Å²) in [5.74, 6) is -0.570. The fourth-order valence-corrected chi connectivity index (χ4v) is 2.35. The van der Waals surface area contributed by atoms with E-state index in [2.05, 4.69) is 20.7 Å². The molecule has 1 aromatic heterocycles. The van der Waals surface area contributed by atoms with Crippen LogP contribution in [0.15, 0.2) is 24.3 Å². The van der Waals surface area contributed by atoms with Gasteiger partial charge in [0.25, 0.3) is 5.91 Å². The van der Waals surface area contributed by atoms with Crippen molar-refractivity contribution in [2.75, 3.05) is 13.1 Å². The molecule has 1 unspecified atom stereocenters. The molecule has 2 aromatic rings. The third kappa shape index (κ3) is 3.30. The number of hydrogen-bond donors (Lipinski definition) is 1. The molecule has 1 fully saturated rings. The van der Waals surface area contributed by atoms with Crippen LogP contribution in [0.1, 0.15) is 18.5 Å². The van der Waals surface area contributed by atoms with E-state index in [-0.39, 0.29) is 17.9 Å². The summed E-state index contributed by atoms with van der Waals surface area (Å²) in [6.45, 7) is 2.07. The molecule has 0 bridgehead atoms. The second-order valence-electron chi connectivity index (χ2n) is 5.41. The monoisotopic (exact) mass is 354 g/mol. The normalized spacial score (nSPS) is 16.0. The average Bonchev–Trinajstić information content (AvgIpc) is 3.22. The smallest absolute Gasteiger partial charge is 0.336 e. The Hall–Kier alpha value is -2.98. The highest BCUT2D eigenvalue weighted by Gasteiger charge is 2.33. The van der Waals surface area contributed by atoms with Gasteiger partial charge in [-0.05, 0) is 24.3 Å². The Morgan fingerprint density at radius 3 is 2.76 bits per heavy atom. The van der Waals surface area contributed by atoms with E-state index in [1.54, 1.807) is 0 Å². The number of rotatable bonds is 3. The summed E-state index contributed by atoms with van der Waals surface area (Å²) in [4.78, 5) is 25.8. The van der Waals surface area contributed by atoms with E-state index in [0.29, 0.717) is 6.54 Å². The minimum Gasteiger partial charge on any atom is -0.336 e. The van der Waals surface area contributed by atoms with Gasteiger partial charge in [0.1, 0.15) is 6.04 Å². The predicted molar refractivity (Wildman–Crippen MR) is 78.1 cm³/mol. The fraction of sp³-hybridized carbons (Fsp3) is 0.357. The molecule has 1 aromatic carbocycles. The van der Waals surface area contributed by atoms with Crippen molar-refractivity contribution < 1.29 is 22.8 Å². The SMILES string of the molecule is CC(C(=O)N1CCNC1=O)n1nnc(-c2cccc(C(F)(F)F)c2)n1. The van der Waals surface area contributed by atoms with Crippen LogP contribution >= 0.6 is 0 Å². The van der Waals surface area contributed by atoms with Crippen molar-refractivity contribution in [1.82, 2.24) is 30.4 Å². The molecular weight excluding hydrogens is 341 g/mol. The predicted octanol–water partition coefficient (Wildman–Crippen LogP) is 1.47. The molecule has 11 heteroatoms. The average molecular weight is 354 g/mol. The number of hydrogen-bond acceptors (Lipinski definition) is 5. The van der Waals surface area contributed by atoms with Gasteiger partial charge in [0.15, 0.2) is 0 Å². The first-order chi connectivity index (χ1) is 11.8. The lowest BCUT2D eigenvalue weighted by Crippen LogP contribution is -2.39. The van der Waals surface area contributed by atoms with Gasteiger partial charge in [0, 0.05) is 18.7 Å². The molecule has 8 nitrogen and oxygen atoms in total. The van der Waals surface area contributed by atoms with Gasteiger partial charge in [-0.1, -0.05) is 12.1 Å². The zero-order valence-electron chi connectivity index (χ0n) is 13.0. The summed E-state index contributed by atoms with van der Waals surface area (Å²) in [6.07, 6.45) is -4.49. The van der Waals surface area contributed by atoms with Gasteiger partial charge >= 0.3 is 12.2 Å². The Morgan fingerprint density at radius 1 is 1.36 bits per heavy atom. The fourth-order valence-electron chi connectivity index (χ4n) is 2.35. The molecule has 25 heavy (non-hydrogen) atoms. The number of nitrogens with zero attached hydrogens (tertiary/aromatic N) is 5. The van der Waals surface area contributed by atoms with Crippen molar-refractivity contribution in [3.63, 3.8) is 0 Å². The standard InChI is InChI=1S/C14H13F3N6O2/c1-8(12(24)22-6-5-18-13(22)25)23-20-11(19-21-23)9-3-2-4-10(7-9)14(15,16)17/h2-4,7-8H,5-6H2,1H3,(H,18,25). The van der Waals surface area contributed by atoms with Crippen molar-refractivity contribution in [2.24, 2.45) is 0 Å². The molecule has 1 saturated heterocycles. The Kier molecular flexibility index (Phi) is 4.15. The summed E-state index contributed by atoms with van der Waals surface area (Å²) in [7, 11) is 0. The number of urea groups is 1. The number of nitrogens with one attached hydrogen (secondary N) is 1. The molecule has 1 N–H and O–H groups in total. The summed E-state index contributed by atoms with van der Waals surface area (Å²) in [5, 5.41) is 13.9. The van der Waals surface area contributed by atoms with Crippen LogP contribution in [-0.2, 0) is 11.0 Å². The largest absolute Gasteiger partial charge is 0.416 e. The molecule has 2 heterocycles. The van der Waals surface area contributed by atoms with Crippen LogP contribution in [0, 0.1) is 0 Å². The minimum atomic E-state index is -4.49. The molecule has 1 atom stereocenters. The summed E-state index contributed by atoms with van der Waals surface area (Å²) in [6, 6.07) is 3.07. The molecule has 1 aliphatic heterocycles. The third-order valence-electron chi connectivity index (χ3n) is 3.70. The van der Waals surface area contributed by atoms with E-state index in [4.69, 9.17) is 0 Å². The van der Waals surface area contributed by atoms with Crippen LogP contribution in [0.3, 0.4) is 0 Å². The number of alkyl halides is 3. The van der Waals surface area contributed by atoms with E-state index in [9.17, 15) is 22.8 Å². The van der Waals surface area contributed by atoms with Crippen LogP contribution in [0.5, 0.6) is 0 Å². The topological polar surface area (TPSA) is 93.0 Å². The number of halogens is 3. The number of aromatic nitrogens is 4. The highest BCUT2D eigenvalue weighted by atomic mass is 19.4. The molecule has 0 saturated carbocycles. The number of carbonyl (C=O) groups is 2. The van der Waals surface area contributed by atoms with Crippen molar-refractivity contribution >= 4 is 11.9 Å². The van der Waals surface area contributed by atoms with Gasteiger partial charge in [-0.2, -0.15) is 18.0 Å². The van der Waals surface area contributed by atoms with Crippen LogP contribution in [-0.4, -0.2) is 50.1 Å². The van der Waals surface area contributed by atoms with E-state index in [0.717, 1.165) is 21.8 Å². The number of amides is 3. The maximum absolute atomic E-state index is 12.8. The number of imide groups is 1. The lowest BCUT2D eigenvalue weighted by atomic mass is 10.1. The zero-order chi connectivity index (χ0) is 18.2. The van der Waals surface area contributed by atoms with Gasteiger partial charge in [-0.15, -0.1) is 10.2 Å². The molecule has 0 aliphatic carbocycles. The second kappa shape index (κ2) is 6.15. The van der Waals surface area contributed by atoms with Crippen LogP contribution in [0.25, 0.3) is 11.4 Å². The van der Waals surface area contributed by atoms with Crippen molar-refractivity contribution in [3.05, 3.63) is 29.8 Å². The van der Waals surface area contributed by atoms with Gasteiger partial charge < -0.3 is 5.32 Å². The van der Waals surface area contributed by atoms with Gasteiger partial charge in [0.2, 0.25) is 5.82 Å². The van der Waals surface area contributed by atoms with Crippen LogP contribution < -0.4 is 5.32 Å². The summed E-state index contributed by atoms with van der Waals surface area (Å²) in [5.41, 5.74) is -0.709. The maximum Gasteiger partial charge on any atom is 0.416 e. The molecular formula is C14H13F3N6O2. The first kappa shape index (κ1) is 16.9. The summed E-state index contributed by atoms with van der Waals surface area (Å²) < 4.78 is 38.3. The lowest BCUT2D eigenvalue weighted by molar-refractivity contribution is -0.137. The number of benzene rings is 1. The lowest BCUT2D eigenvalue weighted by Gasteiger charge is -2.16. The molecule has 3 rings (SSSR count). The minimum absolute atomic E-state index is 0.0448. The Balaban J connectivity index is 1.83. The van der Waals surface area contributed by atoms with Gasteiger partial charge in [-0.3, -0.25) is 9.69 Å². The van der Waals surface area contributed by atoms with Gasteiger partial charge in [0.05, 0.1) is 5.56 Å². The Labute approximate surface area is 139 Å². The first-order valence-corrected chi connectivity index (χ1v) is 7.33. The zero-order valence-corrected chi connectivity index (χ0v) is 13.0. The molecule has 0 spiro atoms. The number of tetrazole rings is 1. The molecule has 132 valence electrons. The van der Waals surface area contributed by atoms with Crippen LogP contribution in [0.4, 0.5) is 18.0 Å². The molecule has 0 radical (unpaired) electrons. The van der Waals surface area contributed by atoms with Crippen LogP contribution in [0.2, 0.25) is 0 Å². The summed E-state index contributed by atoms with van der Waals surface area (Å²) >= 11 is 0. The number of carbonyl (C=O) groups excluding carboxylic acids is 2. The molecule has 1 aliphatic rings.